The van der Waals surface area contributed by atoms with Gasteiger partial charge in [0.25, 0.3) is 0 Å². The lowest BCUT2D eigenvalue weighted by Gasteiger charge is -2.09. The number of aromatic carboxylic acids is 1. The average molecular weight is 249 g/mol. The van der Waals surface area contributed by atoms with E-state index < -0.39 is 5.97 Å². The first-order chi connectivity index (χ1) is 8.04. The summed E-state index contributed by atoms with van der Waals surface area (Å²) in [6, 6.07) is 5.53. The Balaban J connectivity index is 2.73. The Morgan fingerprint density at radius 3 is 2.71 bits per heavy atom. The standard InChI is InChI=1S/C13H15NO2S/c1-8(2)14-6-10(7-17)11-4-3-9(13(15)16)5-12(11)14/h3-6,8,17H,7H2,1-2H3,(H,15,16). The Hall–Kier alpha value is -1.42. The first-order valence-electron chi connectivity index (χ1n) is 5.52. The number of carboxylic acids is 1. The quantitative estimate of drug-likeness (QED) is 0.819. The summed E-state index contributed by atoms with van der Waals surface area (Å²) in [5, 5.41) is 10.1. The highest BCUT2D eigenvalue weighted by Crippen LogP contribution is 2.26. The van der Waals surface area contributed by atoms with Crippen molar-refractivity contribution in [2.75, 3.05) is 0 Å². The fraction of sp³-hybridized carbons (Fsp3) is 0.308. The lowest BCUT2D eigenvalue weighted by Crippen LogP contribution is -2.00. The molecule has 1 aromatic heterocycles. The van der Waals surface area contributed by atoms with Crippen molar-refractivity contribution in [2.45, 2.75) is 25.6 Å². The number of fused-ring (bicyclic) bond motifs is 1. The first kappa shape index (κ1) is 12.0. The maximum atomic E-state index is 11.0. The van der Waals surface area contributed by atoms with Gasteiger partial charge in [-0.3, -0.25) is 0 Å². The first-order valence-corrected chi connectivity index (χ1v) is 6.15. The summed E-state index contributed by atoms with van der Waals surface area (Å²) in [6.07, 6.45) is 2.05. The van der Waals surface area contributed by atoms with E-state index in [4.69, 9.17) is 5.11 Å². The van der Waals surface area contributed by atoms with Crippen molar-refractivity contribution >= 4 is 29.5 Å². The van der Waals surface area contributed by atoms with Gasteiger partial charge in [0, 0.05) is 28.9 Å². The van der Waals surface area contributed by atoms with Gasteiger partial charge in [-0.1, -0.05) is 6.07 Å². The predicted molar refractivity (Wildman–Crippen MR) is 72.0 cm³/mol. The van der Waals surface area contributed by atoms with Crippen molar-refractivity contribution < 1.29 is 9.90 Å². The number of aromatic nitrogens is 1. The number of rotatable bonds is 3. The third-order valence-corrected chi connectivity index (χ3v) is 3.23. The van der Waals surface area contributed by atoms with Crippen LogP contribution in [-0.2, 0) is 5.75 Å². The molecular weight excluding hydrogens is 234 g/mol. The normalized spacial score (nSPS) is 11.3. The van der Waals surface area contributed by atoms with Gasteiger partial charge in [-0.25, -0.2) is 4.79 Å². The van der Waals surface area contributed by atoms with Gasteiger partial charge in [-0.05, 0) is 31.5 Å². The molecule has 1 N–H and O–H groups in total. The van der Waals surface area contributed by atoms with E-state index in [0.29, 0.717) is 17.4 Å². The molecule has 90 valence electrons. The number of benzene rings is 1. The predicted octanol–water partition coefficient (Wildman–Crippen LogP) is 3.35. The molecule has 0 fully saturated rings. The van der Waals surface area contributed by atoms with Crippen LogP contribution in [0.15, 0.2) is 24.4 Å². The number of hydrogen-bond donors (Lipinski definition) is 2. The highest BCUT2D eigenvalue weighted by molar-refractivity contribution is 7.79. The van der Waals surface area contributed by atoms with Gasteiger partial charge in [0.15, 0.2) is 0 Å². The van der Waals surface area contributed by atoms with E-state index in [-0.39, 0.29) is 0 Å². The van der Waals surface area contributed by atoms with Crippen LogP contribution in [0.1, 0.15) is 35.8 Å². The van der Waals surface area contributed by atoms with E-state index in [1.165, 1.54) is 0 Å². The fourth-order valence-electron chi connectivity index (χ4n) is 2.01. The summed E-state index contributed by atoms with van der Waals surface area (Å²) in [7, 11) is 0. The molecule has 17 heavy (non-hydrogen) atoms. The van der Waals surface area contributed by atoms with E-state index >= 15 is 0 Å². The molecule has 0 saturated heterocycles. The minimum absolute atomic E-state index is 0.301. The molecule has 0 aliphatic carbocycles. The van der Waals surface area contributed by atoms with Gasteiger partial charge < -0.3 is 9.67 Å². The molecule has 4 heteroatoms. The molecule has 0 saturated carbocycles. The topological polar surface area (TPSA) is 42.2 Å². The van der Waals surface area contributed by atoms with E-state index in [9.17, 15) is 4.79 Å². The summed E-state index contributed by atoms with van der Waals surface area (Å²) in [5.41, 5.74) is 2.42. The van der Waals surface area contributed by atoms with Crippen LogP contribution >= 0.6 is 12.6 Å². The minimum Gasteiger partial charge on any atom is -0.478 e. The maximum absolute atomic E-state index is 11.0. The van der Waals surface area contributed by atoms with E-state index in [2.05, 4.69) is 31.0 Å². The number of carboxylic acid groups (broad SMARTS) is 1. The number of thiol groups is 1. The van der Waals surface area contributed by atoms with Gasteiger partial charge >= 0.3 is 5.97 Å². The van der Waals surface area contributed by atoms with E-state index in [1.807, 2.05) is 12.3 Å². The second-order valence-electron chi connectivity index (χ2n) is 4.35. The number of nitrogens with zero attached hydrogens (tertiary/aromatic N) is 1. The highest BCUT2D eigenvalue weighted by atomic mass is 32.1. The second kappa shape index (κ2) is 4.45. The summed E-state index contributed by atoms with van der Waals surface area (Å²) in [6.45, 7) is 4.16. The van der Waals surface area contributed by atoms with Gasteiger partial charge in [-0.2, -0.15) is 12.6 Å². The molecule has 0 unspecified atom stereocenters. The van der Waals surface area contributed by atoms with Crippen LogP contribution in [0.25, 0.3) is 10.9 Å². The molecule has 0 spiro atoms. The van der Waals surface area contributed by atoms with Crippen LogP contribution in [0.5, 0.6) is 0 Å². The molecule has 2 aromatic rings. The van der Waals surface area contributed by atoms with Crippen molar-refractivity contribution in [1.29, 1.82) is 0 Å². The van der Waals surface area contributed by atoms with Crippen LogP contribution in [-0.4, -0.2) is 15.6 Å². The Bertz CT molecular complexity index is 572. The van der Waals surface area contributed by atoms with Crippen LogP contribution in [0.2, 0.25) is 0 Å². The van der Waals surface area contributed by atoms with Gasteiger partial charge in [-0.15, -0.1) is 0 Å². The van der Waals surface area contributed by atoms with Gasteiger partial charge in [0.05, 0.1) is 5.56 Å². The number of hydrogen-bond acceptors (Lipinski definition) is 2. The third kappa shape index (κ3) is 2.05. The highest BCUT2D eigenvalue weighted by Gasteiger charge is 2.12. The van der Waals surface area contributed by atoms with Crippen molar-refractivity contribution in [3.05, 3.63) is 35.5 Å². The Morgan fingerprint density at radius 2 is 2.18 bits per heavy atom. The lowest BCUT2D eigenvalue weighted by molar-refractivity contribution is 0.0697. The van der Waals surface area contributed by atoms with Crippen LogP contribution < -0.4 is 0 Å². The molecule has 0 aliphatic heterocycles. The molecule has 1 aromatic carbocycles. The lowest BCUT2D eigenvalue weighted by atomic mass is 10.1. The summed E-state index contributed by atoms with van der Waals surface area (Å²) < 4.78 is 2.09. The summed E-state index contributed by atoms with van der Waals surface area (Å²) in [5.74, 6) is -0.237. The summed E-state index contributed by atoms with van der Waals surface area (Å²) in [4.78, 5) is 11.0. The number of carbonyl (C=O) groups is 1. The molecule has 3 nitrogen and oxygen atoms in total. The molecule has 2 rings (SSSR count). The van der Waals surface area contributed by atoms with Crippen molar-refractivity contribution in [3.63, 3.8) is 0 Å². The molecule has 0 bridgehead atoms. The Labute approximate surface area is 105 Å². The van der Waals surface area contributed by atoms with Gasteiger partial charge in [0.2, 0.25) is 0 Å². The summed E-state index contributed by atoms with van der Waals surface area (Å²) >= 11 is 4.30. The zero-order valence-corrected chi connectivity index (χ0v) is 10.7. The molecule has 0 aliphatic rings. The zero-order chi connectivity index (χ0) is 12.6. The van der Waals surface area contributed by atoms with E-state index in [0.717, 1.165) is 16.5 Å². The molecular formula is C13H15NO2S. The molecule has 0 amide bonds. The maximum Gasteiger partial charge on any atom is 0.335 e. The SMILES string of the molecule is CC(C)n1cc(CS)c2ccc(C(=O)O)cc21. The largest absolute Gasteiger partial charge is 0.478 e. The van der Waals surface area contributed by atoms with Crippen LogP contribution in [0.4, 0.5) is 0 Å². The minimum atomic E-state index is -0.893. The van der Waals surface area contributed by atoms with Crippen molar-refractivity contribution in [2.24, 2.45) is 0 Å². The second-order valence-corrected chi connectivity index (χ2v) is 4.67. The van der Waals surface area contributed by atoms with Crippen molar-refractivity contribution in [1.82, 2.24) is 4.57 Å². The fourth-order valence-corrected chi connectivity index (χ4v) is 2.26. The Kier molecular flexibility index (Phi) is 3.15. The molecule has 1 heterocycles. The van der Waals surface area contributed by atoms with E-state index in [1.54, 1.807) is 12.1 Å². The van der Waals surface area contributed by atoms with Crippen LogP contribution in [0, 0.1) is 0 Å². The Morgan fingerprint density at radius 1 is 1.47 bits per heavy atom. The average Bonchev–Trinajstić information content (AvgIpc) is 2.66. The molecule has 0 atom stereocenters. The zero-order valence-electron chi connectivity index (χ0n) is 9.84. The van der Waals surface area contributed by atoms with Crippen molar-refractivity contribution in [3.8, 4) is 0 Å². The third-order valence-electron chi connectivity index (χ3n) is 2.89. The molecule has 0 radical (unpaired) electrons. The van der Waals surface area contributed by atoms with Gasteiger partial charge in [0.1, 0.15) is 0 Å². The smallest absolute Gasteiger partial charge is 0.335 e. The van der Waals surface area contributed by atoms with Crippen LogP contribution in [0.3, 0.4) is 0 Å². The monoisotopic (exact) mass is 249 g/mol.